The first kappa shape index (κ1) is 16.8. The van der Waals surface area contributed by atoms with Gasteiger partial charge in [0.2, 0.25) is 5.91 Å². The summed E-state index contributed by atoms with van der Waals surface area (Å²) in [4.78, 5) is 11.8. The maximum atomic E-state index is 13.0. The van der Waals surface area contributed by atoms with Crippen LogP contribution >= 0.6 is 0 Å². The molecule has 22 heavy (non-hydrogen) atoms. The van der Waals surface area contributed by atoms with Crippen molar-refractivity contribution in [1.29, 1.82) is 0 Å². The summed E-state index contributed by atoms with van der Waals surface area (Å²) in [5, 5.41) is 2.52. The van der Waals surface area contributed by atoms with Crippen molar-refractivity contribution in [3.63, 3.8) is 0 Å². The van der Waals surface area contributed by atoms with E-state index in [9.17, 15) is 22.4 Å². The number of rotatable bonds is 4. The number of hydrogen-bond acceptors (Lipinski definition) is 1. The molecule has 1 aliphatic carbocycles. The van der Waals surface area contributed by atoms with E-state index in [0.29, 0.717) is 18.4 Å². The lowest BCUT2D eigenvalue weighted by Gasteiger charge is -2.21. The monoisotopic (exact) mass is 317 g/mol. The van der Waals surface area contributed by atoms with Gasteiger partial charge in [0.15, 0.2) is 0 Å². The Kier molecular flexibility index (Phi) is 5.42. The van der Waals surface area contributed by atoms with Gasteiger partial charge in [-0.25, -0.2) is 4.39 Å². The van der Waals surface area contributed by atoms with Crippen LogP contribution in [0.5, 0.6) is 0 Å². The summed E-state index contributed by atoms with van der Waals surface area (Å²) in [5.41, 5.74) is -1.16. The van der Waals surface area contributed by atoms with Crippen molar-refractivity contribution in [3.8, 4) is 0 Å². The van der Waals surface area contributed by atoms with E-state index in [1.165, 1.54) is 6.42 Å². The second-order valence-corrected chi connectivity index (χ2v) is 5.78. The molecule has 0 spiro atoms. The molecule has 1 aromatic carbocycles. The van der Waals surface area contributed by atoms with Gasteiger partial charge in [0.1, 0.15) is 5.82 Å². The summed E-state index contributed by atoms with van der Waals surface area (Å²) in [7, 11) is 0. The number of hydrogen-bond donors (Lipinski definition) is 1. The average Bonchev–Trinajstić information content (AvgIpc) is 2.46. The van der Waals surface area contributed by atoms with E-state index in [2.05, 4.69) is 5.32 Å². The molecule has 0 aromatic heterocycles. The highest BCUT2D eigenvalue weighted by Gasteiger charge is 2.33. The molecular weight excluding hydrogens is 298 g/mol. The number of carbonyl (C=O) groups is 1. The molecule has 0 saturated heterocycles. The van der Waals surface area contributed by atoms with E-state index in [0.717, 1.165) is 37.8 Å². The van der Waals surface area contributed by atoms with Gasteiger partial charge in [-0.05, 0) is 36.5 Å². The highest BCUT2D eigenvalue weighted by molar-refractivity contribution is 5.76. The first-order chi connectivity index (χ1) is 10.4. The van der Waals surface area contributed by atoms with Crippen LogP contribution < -0.4 is 5.32 Å². The summed E-state index contributed by atoms with van der Waals surface area (Å²) in [5.74, 6) is -0.863. The molecule has 0 unspecified atom stereocenters. The van der Waals surface area contributed by atoms with Gasteiger partial charge in [-0.3, -0.25) is 4.79 Å². The van der Waals surface area contributed by atoms with E-state index in [1.807, 2.05) is 0 Å². The fourth-order valence-corrected chi connectivity index (χ4v) is 2.89. The number of halogens is 4. The van der Waals surface area contributed by atoms with Gasteiger partial charge in [0, 0.05) is 13.0 Å². The molecule has 122 valence electrons. The van der Waals surface area contributed by atoms with Crippen molar-refractivity contribution in [2.75, 3.05) is 0 Å². The molecule has 0 atom stereocenters. The molecule has 6 heteroatoms. The maximum Gasteiger partial charge on any atom is 0.416 e. The van der Waals surface area contributed by atoms with Crippen molar-refractivity contribution in [1.82, 2.24) is 5.32 Å². The second-order valence-electron chi connectivity index (χ2n) is 5.78. The molecule has 1 fully saturated rings. The van der Waals surface area contributed by atoms with Crippen LogP contribution in [0.1, 0.15) is 49.7 Å². The summed E-state index contributed by atoms with van der Waals surface area (Å²) in [6.07, 6.45) is 1.11. The molecular formula is C16H19F4NO. The summed E-state index contributed by atoms with van der Waals surface area (Å²) in [6, 6.07) is 2.50. The predicted molar refractivity (Wildman–Crippen MR) is 74.4 cm³/mol. The zero-order chi connectivity index (χ0) is 16.2. The minimum Gasteiger partial charge on any atom is -0.352 e. The van der Waals surface area contributed by atoms with Crippen LogP contribution in [0.25, 0.3) is 0 Å². The number of nitrogens with one attached hydrogen (secondary N) is 1. The van der Waals surface area contributed by atoms with Gasteiger partial charge in [0.25, 0.3) is 0 Å². The number of benzene rings is 1. The zero-order valence-electron chi connectivity index (χ0n) is 12.2. The SMILES string of the molecule is O=C(CC1CCCCC1)NCc1ccc(F)cc1C(F)(F)F. The topological polar surface area (TPSA) is 29.1 Å². The van der Waals surface area contributed by atoms with E-state index < -0.39 is 17.6 Å². The lowest BCUT2D eigenvalue weighted by Crippen LogP contribution is -2.27. The Balaban J connectivity index is 1.94. The molecule has 1 aromatic rings. The van der Waals surface area contributed by atoms with E-state index in [1.54, 1.807) is 0 Å². The van der Waals surface area contributed by atoms with E-state index in [-0.39, 0.29) is 18.0 Å². The molecule has 1 saturated carbocycles. The molecule has 2 nitrogen and oxygen atoms in total. The first-order valence-corrected chi connectivity index (χ1v) is 7.48. The summed E-state index contributed by atoms with van der Waals surface area (Å²) in [6.45, 7) is -0.235. The Morgan fingerprint density at radius 2 is 1.86 bits per heavy atom. The Bertz CT molecular complexity index is 521. The minimum absolute atomic E-state index is 0.120. The van der Waals surface area contributed by atoms with Crippen LogP contribution in [0.15, 0.2) is 18.2 Å². The zero-order valence-corrected chi connectivity index (χ0v) is 12.2. The third-order valence-corrected chi connectivity index (χ3v) is 4.05. The molecule has 0 aliphatic heterocycles. The van der Waals surface area contributed by atoms with Gasteiger partial charge in [-0.15, -0.1) is 0 Å². The Hall–Kier alpha value is -1.59. The number of amides is 1. The quantitative estimate of drug-likeness (QED) is 0.818. The smallest absolute Gasteiger partial charge is 0.352 e. The van der Waals surface area contributed by atoms with Gasteiger partial charge in [-0.1, -0.05) is 25.3 Å². The fraction of sp³-hybridized carbons (Fsp3) is 0.562. The van der Waals surface area contributed by atoms with Crippen LogP contribution in [0.3, 0.4) is 0 Å². The fourth-order valence-electron chi connectivity index (χ4n) is 2.89. The Labute approximate surface area is 126 Å². The summed E-state index contributed by atoms with van der Waals surface area (Å²) >= 11 is 0. The van der Waals surface area contributed by atoms with Gasteiger partial charge in [0.05, 0.1) is 5.56 Å². The molecule has 0 heterocycles. The van der Waals surface area contributed by atoms with Crippen LogP contribution in [0.4, 0.5) is 17.6 Å². The van der Waals surface area contributed by atoms with Crippen molar-refractivity contribution in [2.24, 2.45) is 5.92 Å². The molecule has 1 N–H and O–H groups in total. The van der Waals surface area contributed by atoms with Gasteiger partial charge >= 0.3 is 6.18 Å². The highest BCUT2D eigenvalue weighted by atomic mass is 19.4. The van der Waals surface area contributed by atoms with Crippen LogP contribution in [-0.2, 0) is 17.5 Å². The highest BCUT2D eigenvalue weighted by Crippen LogP contribution is 2.32. The third kappa shape index (κ3) is 4.71. The van der Waals surface area contributed by atoms with Crippen molar-refractivity contribution < 1.29 is 22.4 Å². The maximum absolute atomic E-state index is 13.0. The van der Waals surface area contributed by atoms with Gasteiger partial charge in [-0.2, -0.15) is 13.2 Å². The summed E-state index contributed by atoms with van der Waals surface area (Å²) < 4.78 is 51.5. The standard InChI is InChI=1S/C16H19F4NO/c17-13-7-6-12(14(9-13)16(18,19)20)10-21-15(22)8-11-4-2-1-3-5-11/h6-7,9,11H,1-5,8,10H2,(H,21,22). The minimum atomic E-state index is -4.63. The molecule has 0 radical (unpaired) electrons. The lowest BCUT2D eigenvalue weighted by atomic mass is 9.87. The number of carbonyl (C=O) groups excluding carboxylic acids is 1. The largest absolute Gasteiger partial charge is 0.416 e. The molecule has 2 rings (SSSR count). The van der Waals surface area contributed by atoms with Crippen molar-refractivity contribution in [2.45, 2.75) is 51.2 Å². The molecule has 0 bridgehead atoms. The normalized spacial score (nSPS) is 16.5. The van der Waals surface area contributed by atoms with E-state index >= 15 is 0 Å². The van der Waals surface area contributed by atoms with Crippen molar-refractivity contribution >= 4 is 5.91 Å². The molecule has 1 amide bonds. The Morgan fingerprint density at radius 3 is 2.50 bits per heavy atom. The second kappa shape index (κ2) is 7.11. The van der Waals surface area contributed by atoms with Crippen LogP contribution in [-0.4, -0.2) is 5.91 Å². The lowest BCUT2D eigenvalue weighted by molar-refractivity contribution is -0.138. The molecule has 1 aliphatic rings. The van der Waals surface area contributed by atoms with Crippen molar-refractivity contribution in [3.05, 3.63) is 35.1 Å². The van der Waals surface area contributed by atoms with Crippen LogP contribution in [0.2, 0.25) is 0 Å². The Morgan fingerprint density at radius 1 is 1.18 bits per heavy atom. The number of alkyl halides is 3. The third-order valence-electron chi connectivity index (χ3n) is 4.05. The van der Waals surface area contributed by atoms with Crippen LogP contribution in [0, 0.1) is 11.7 Å². The average molecular weight is 317 g/mol. The first-order valence-electron chi connectivity index (χ1n) is 7.48. The van der Waals surface area contributed by atoms with E-state index in [4.69, 9.17) is 0 Å². The predicted octanol–water partition coefficient (Wildman–Crippen LogP) is 4.43. The van der Waals surface area contributed by atoms with Gasteiger partial charge < -0.3 is 5.32 Å².